The number of fused-ring (bicyclic) bond motifs is 1. The lowest BCUT2D eigenvalue weighted by Crippen LogP contribution is -2.35. The molecule has 3 aromatic rings. The molecule has 1 aliphatic rings. The van der Waals surface area contributed by atoms with E-state index in [2.05, 4.69) is 24.3 Å². The predicted octanol–water partition coefficient (Wildman–Crippen LogP) is 4.63. The van der Waals surface area contributed by atoms with E-state index in [1.807, 2.05) is 54.4 Å². The van der Waals surface area contributed by atoms with Gasteiger partial charge in [-0.05, 0) is 53.4 Å². The molecule has 2 amide bonds. The normalized spacial score (nSPS) is 14.3. The van der Waals surface area contributed by atoms with E-state index < -0.39 is 0 Å². The van der Waals surface area contributed by atoms with Gasteiger partial charge in [0.15, 0.2) is 0 Å². The minimum Gasteiger partial charge on any atom is -0.337 e. The van der Waals surface area contributed by atoms with E-state index in [4.69, 9.17) is 0 Å². The number of carbonyl (C=O) groups is 2. The summed E-state index contributed by atoms with van der Waals surface area (Å²) < 4.78 is 0. The van der Waals surface area contributed by atoms with Crippen molar-refractivity contribution in [2.24, 2.45) is 0 Å². The van der Waals surface area contributed by atoms with Crippen molar-refractivity contribution in [3.63, 3.8) is 0 Å². The quantitative estimate of drug-likeness (QED) is 0.670. The van der Waals surface area contributed by atoms with Gasteiger partial charge in [-0.1, -0.05) is 42.5 Å². The minimum absolute atomic E-state index is 0.0237. The van der Waals surface area contributed by atoms with E-state index in [1.54, 1.807) is 4.90 Å². The predicted molar refractivity (Wildman–Crippen MR) is 112 cm³/mol. The molecule has 4 nitrogen and oxygen atoms in total. The van der Waals surface area contributed by atoms with Crippen LogP contribution < -0.4 is 4.90 Å². The van der Waals surface area contributed by atoms with Crippen LogP contribution >= 0.6 is 0 Å². The Labute approximate surface area is 165 Å². The fourth-order valence-corrected chi connectivity index (χ4v) is 3.84. The second kappa shape index (κ2) is 7.85. The minimum atomic E-state index is -0.0237. The summed E-state index contributed by atoms with van der Waals surface area (Å²) in [7, 11) is 1.83. The Bertz CT molecular complexity index is 1010. The van der Waals surface area contributed by atoms with Crippen LogP contribution in [0.4, 0.5) is 5.69 Å². The third-order valence-corrected chi connectivity index (χ3v) is 5.38. The summed E-state index contributed by atoms with van der Waals surface area (Å²) >= 11 is 0. The molecule has 0 saturated carbocycles. The van der Waals surface area contributed by atoms with Gasteiger partial charge < -0.3 is 9.80 Å². The number of piperidine rings is 1. The molecule has 0 unspecified atom stereocenters. The van der Waals surface area contributed by atoms with Gasteiger partial charge in [-0.15, -0.1) is 0 Å². The molecule has 1 heterocycles. The van der Waals surface area contributed by atoms with Crippen LogP contribution in [0.1, 0.15) is 35.2 Å². The lowest BCUT2D eigenvalue weighted by molar-refractivity contribution is -0.119. The van der Waals surface area contributed by atoms with Crippen molar-refractivity contribution < 1.29 is 9.59 Å². The average molecular weight is 372 g/mol. The Kier molecular flexibility index (Phi) is 5.11. The Balaban J connectivity index is 1.50. The van der Waals surface area contributed by atoms with E-state index in [-0.39, 0.29) is 11.8 Å². The van der Waals surface area contributed by atoms with E-state index in [9.17, 15) is 9.59 Å². The molecule has 4 rings (SSSR count). The number of hydrogen-bond acceptors (Lipinski definition) is 2. The van der Waals surface area contributed by atoms with Crippen LogP contribution in [0.5, 0.6) is 0 Å². The molecule has 0 aromatic heterocycles. The Morgan fingerprint density at radius 2 is 1.71 bits per heavy atom. The zero-order chi connectivity index (χ0) is 19.5. The number of anilines is 1. The lowest BCUT2D eigenvalue weighted by atomic mass is 10.0. The summed E-state index contributed by atoms with van der Waals surface area (Å²) in [6.07, 6.45) is 2.60. The number of amides is 2. The van der Waals surface area contributed by atoms with Gasteiger partial charge in [0, 0.05) is 37.8 Å². The molecule has 1 aliphatic heterocycles. The van der Waals surface area contributed by atoms with E-state index in [0.29, 0.717) is 18.5 Å². The van der Waals surface area contributed by atoms with Gasteiger partial charge in [-0.25, -0.2) is 0 Å². The molecule has 0 bridgehead atoms. The number of benzene rings is 3. The first-order chi connectivity index (χ1) is 13.6. The van der Waals surface area contributed by atoms with Crippen molar-refractivity contribution in [3.8, 4) is 0 Å². The van der Waals surface area contributed by atoms with E-state index in [0.717, 1.165) is 30.6 Å². The summed E-state index contributed by atoms with van der Waals surface area (Å²) in [5, 5.41) is 2.35. The van der Waals surface area contributed by atoms with Crippen LogP contribution in [0, 0.1) is 0 Å². The first-order valence-corrected chi connectivity index (χ1v) is 9.76. The molecule has 142 valence electrons. The Morgan fingerprint density at radius 3 is 2.50 bits per heavy atom. The van der Waals surface area contributed by atoms with Gasteiger partial charge >= 0.3 is 0 Å². The molecule has 28 heavy (non-hydrogen) atoms. The molecule has 0 N–H and O–H groups in total. The molecule has 1 fully saturated rings. The molecule has 0 radical (unpaired) electrons. The highest BCUT2D eigenvalue weighted by Crippen LogP contribution is 2.23. The molecule has 1 saturated heterocycles. The van der Waals surface area contributed by atoms with Crippen molar-refractivity contribution in [3.05, 3.63) is 77.9 Å². The van der Waals surface area contributed by atoms with Gasteiger partial charge in [0.2, 0.25) is 5.91 Å². The Morgan fingerprint density at radius 1 is 0.964 bits per heavy atom. The highest BCUT2D eigenvalue weighted by molar-refractivity contribution is 5.97. The van der Waals surface area contributed by atoms with Crippen molar-refractivity contribution in [2.75, 3.05) is 18.5 Å². The van der Waals surface area contributed by atoms with Crippen molar-refractivity contribution >= 4 is 28.3 Å². The zero-order valence-corrected chi connectivity index (χ0v) is 16.1. The smallest absolute Gasteiger partial charge is 0.253 e. The molecule has 4 heteroatoms. The Hall–Kier alpha value is -3.14. The summed E-state index contributed by atoms with van der Waals surface area (Å²) in [6, 6.07) is 21.8. The van der Waals surface area contributed by atoms with Gasteiger partial charge in [0.1, 0.15) is 0 Å². The summed E-state index contributed by atoms with van der Waals surface area (Å²) in [6.45, 7) is 1.31. The summed E-state index contributed by atoms with van der Waals surface area (Å²) in [5.41, 5.74) is 2.64. The third kappa shape index (κ3) is 3.63. The van der Waals surface area contributed by atoms with E-state index >= 15 is 0 Å². The van der Waals surface area contributed by atoms with Crippen LogP contribution in [-0.2, 0) is 11.3 Å². The van der Waals surface area contributed by atoms with Gasteiger partial charge in [-0.3, -0.25) is 9.59 Å². The lowest BCUT2D eigenvalue weighted by Gasteiger charge is -2.27. The molecular formula is C24H24N2O2. The summed E-state index contributed by atoms with van der Waals surface area (Å²) in [5.74, 6) is 0.142. The second-order valence-corrected chi connectivity index (χ2v) is 7.35. The van der Waals surface area contributed by atoms with Crippen LogP contribution in [0.15, 0.2) is 66.7 Å². The molecule has 0 spiro atoms. The fraction of sp³-hybridized carbons (Fsp3) is 0.250. The number of carbonyl (C=O) groups excluding carboxylic acids is 2. The van der Waals surface area contributed by atoms with Gasteiger partial charge in [0.25, 0.3) is 5.91 Å². The van der Waals surface area contributed by atoms with E-state index in [1.165, 1.54) is 10.8 Å². The largest absolute Gasteiger partial charge is 0.337 e. The fourth-order valence-electron chi connectivity index (χ4n) is 3.84. The molecule has 0 atom stereocenters. The molecular weight excluding hydrogens is 348 g/mol. The van der Waals surface area contributed by atoms with Gasteiger partial charge in [-0.2, -0.15) is 0 Å². The van der Waals surface area contributed by atoms with Gasteiger partial charge in [0.05, 0.1) is 0 Å². The number of hydrogen-bond donors (Lipinski definition) is 0. The van der Waals surface area contributed by atoms with Crippen LogP contribution in [0.2, 0.25) is 0 Å². The zero-order valence-electron chi connectivity index (χ0n) is 16.1. The number of rotatable bonds is 4. The first kappa shape index (κ1) is 18.2. The SMILES string of the molecule is CN(Cc1cccc2ccccc12)C(=O)c1ccc(N2CCCCC2=O)cc1. The van der Waals surface area contributed by atoms with Crippen molar-refractivity contribution in [2.45, 2.75) is 25.8 Å². The first-order valence-electron chi connectivity index (χ1n) is 9.76. The van der Waals surface area contributed by atoms with Crippen molar-refractivity contribution in [1.82, 2.24) is 4.90 Å². The topological polar surface area (TPSA) is 40.6 Å². The second-order valence-electron chi connectivity index (χ2n) is 7.35. The van der Waals surface area contributed by atoms with Crippen LogP contribution in [0.3, 0.4) is 0 Å². The number of nitrogens with zero attached hydrogens (tertiary/aromatic N) is 2. The summed E-state index contributed by atoms with van der Waals surface area (Å²) in [4.78, 5) is 28.5. The third-order valence-electron chi connectivity index (χ3n) is 5.38. The standard InChI is InChI=1S/C24H24N2O2/c1-25(17-20-9-6-8-18-7-2-3-10-22(18)20)24(28)19-12-14-21(15-13-19)26-16-5-4-11-23(26)27/h2-3,6-10,12-15H,4-5,11,16-17H2,1H3. The van der Waals surface area contributed by atoms with Crippen LogP contribution in [0.25, 0.3) is 10.8 Å². The highest BCUT2D eigenvalue weighted by Gasteiger charge is 2.20. The maximum Gasteiger partial charge on any atom is 0.253 e. The average Bonchev–Trinajstić information content (AvgIpc) is 2.74. The molecule has 3 aromatic carbocycles. The van der Waals surface area contributed by atoms with Crippen molar-refractivity contribution in [1.29, 1.82) is 0 Å². The highest BCUT2D eigenvalue weighted by atomic mass is 16.2. The maximum absolute atomic E-state index is 12.9. The maximum atomic E-state index is 12.9. The van der Waals surface area contributed by atoms with Crippen LogP contribution in [-0.4, -0.2) is 30.3 Å². The monoisotopic (exact) mass is 372 g/mol. The molecule has 0 aliphatic carbocycles.